The highest BCUT2D eigenvalue weighted by atomic mass is 16.8. The maximum absolute atomic E-state index is 6.75. The van der Waals surface area contributed by atoms with Gasteiger partial charge < -0.3 is 9.47 Å². The molecule has 2 bridgehead atoms. The van der Waals surface area contributed by atoms with E-state index in [-0.39, 0.29) is 0 Å². The van der Waals surface area contributed by atoms with Crippen LogP contribution in [0.2, 0.25) is 0 Å². The molecule has 118 valence electrons. The second-order valence-corrected chi connectivity index (χ2v) is 6.54. The van der Waals surface area contributed by atoms with Crippen LogP contribution in [0.5, 0.6) is 0 Å². The van der Waals surface area contributed by atoms with Crippen molar-refractivity contribution in [3.63, 3.8) is 0 Å². The summed E-state index contributed by atoms with van der Waals surface area (Å²) in [6.07, 6.45) is 0.738. The molecule has 2 heterocycles. The average Bonchev–Trinajstić information content (AvgIpc) is 3.00. The quantitative estimate of drug-likeness (QED) is 0.698. The summed E-state index contributed by atoms with van der Waals surface area (Å²) in [5.41, 5.74) is 4.22. The van der Waals surface area contributed by atoms with Gasteiger partial charge in [0.15, 0.2) is 0 Å². The van der Waals surface area contributed by atoms with E-state index >= 15 is 0 Å². The van der Waals surface area contributed by atoms with E-state index in [2.05, 4.69) is 60.7 Å². The highest BCUT2D eigenvalue weighted by Gasteiger charge is 2.57. The van der Waals surface area contributed by atoms with Gasteiger partial charge >= 0.3 is 0 Å². The molecule has 0 amide bonds. The smallest absolute Gasteiger partial charge is 0.200 e. The minimum atomic E-state index is -0.703. The highest BCUT2D eigenvalue weighted by molar-refractivity contribution is 5.46. The summed E-state index contributed by atoms with van der Waals surface area (Å²) in [4.78, 5) is 0. The molecule has 0 saturated carbocycles. The van der Waals surface area contributed by atoms with Gasteiger partial charge in [0.1, 0.15) is 5.60 Å². The van der Waals surface area contributed by atoms with E-state index in [1.165, 1.54) is 11.1 Å². The molecule has 1 saturated heterocycles. The molecule has 0 radical (unpaired) electrons. The van der Waals surface area contributed by atoms with Crippen molar-refractivity contribution in [2.45, 2.75) is 17.8 Å². The van der Waals surface area contributed by atoms with E-state index < -0.39 is 11.4 Å². The summed E-state index contributed by atoms with van der Waals surface area (Å²) < 4.78 is 13.1. The van der Waals surface area contributed by atoms with Crippen molar-refractivity contribution < 1.29 is 9.47 Å². The van der Waals surface area contributed by atoms with Crippen LogP contribution in [0.15, 0.2) is 84.9 Å². The number of hydrogen-bond acceptors (Lipinski definition) is 2. The largest absolute Gasteiger partial charge is 0.342 e. The van der Waals surface area contributed by atoms with Crippen LogP contribution < -0.4 is 0 Å². The van der Waals surface area contributed by atoms with Crippen molar-refractivity contribution >= 4 is 0 Å². The summed E-state index contributed by atoms with van der Waals surface area (Å²) >= 11 is 0. The average molecular weight is 314 g/mol. The van der Waals surface area contributed by atoms with Crippen molar-refractivity contribution in [3.05, 3.63) is 107 Å². The molecule has 0 spiro atoms. The van der Waals surface area contributed by atoms with Crippen molar-refractivity contribution in [1.82, 2.24) is 0 Å². The first-order valence-corrected chi connectivity index (χ1v) is 8.36. The summed E-state index contributed by atoms with van der Waals surface area (Å²) in [5.74, 6) is -0.703. The van der Waals surface area contributed by atoms with Gasteiger partial charge in [-0.15, -0.1) is 0 Å². The number of benzene rings is 3. The predicted molar refractivity (Wildman–Crippen MR) is 92.5 cm³/mol. The molecule has 2 aliphatic rings. The molecule has 24 heavy (non-hydrogen) atoms. The van der Waals surface area contributed by atoms with Gasteiger partial charge in [0.05, 0.1) is 6.61 Å². The number of ether oxygens (including phenoxy) is 2. The Morgan fingerprint density at radius 1 is 0.667 bits per heavy atom. The van der Waals surface area contributed by atoms with E-state index in [4.69, 9.17) is 9.47 Å². The maximum atomic E-state index is 6.75. The van der Waals surface area contributed by atoms with E-state index in [9.17, 15) is 0 Å². The molecule has 0 aromatic heterocycles. The lowest BCUT2D eigenvalue weighted by atomic mass is 9.80. The Kier molecular flexibility index (Phi) is 2.93. The molecule has 2 aliphatic heterocycles. The lowest BCUT2D eigenvalue weighted by Gasteiger charge is -2.39. The summed E-state index contributed by atoms with van der Waals surface area (Å²) in [7, 11) is 0. The Morgan fingerprint density at radius 2 is 1.29 bits per heavy atom. The van der Waals surface area contributed by atoms with E-state index in [1.54, 1.807) is 0 Å². The summed E-state index contributed by atoms with van der Waals surface area (Å²) in [6.45, 7) is 0.531. The van der Waals surface area contributed by atoms with Crippen LogP contribution in [-0.2, 0) is 27.3 Å². The van der Waals surface area contributed by atoms with Crippen LogP contribution in [0.25, 0.3) is 0 Å². The van der Waals surface area contributed by atoms with Gasteiger partial charge in [-0.2, -0.15) is 0 Å². The van der Waals surface area contributed by atoms with E-state index in [1.807, 2.05) is 24.3 Å². The Labute approximate surface area is 141 Å². The van der Waals surface area contributed by atoms with Gasteiger partial charge in [-0.1, -0.05) is 84.9 Å². The lowest BCUT2D eigenvalue weighted by Crippen LogP contribution is -2.41. The third kappa shape index (κ3) is 1.84. The predicted octanol–water partition coefficient (Wildman–Crippen LogP) is 4.39. The van der Waals surface area contributed by atoms with Gasteiger partial charge in [-0.25, -0.2) is 0 Å². The first kappa shape index (κ1) is 14.0. The van der Waals surface area contributed by atoms with Gasteiger partial charge in [0.2, 0.25) is 5.79 Å². The zero-order chi connectivity index (χ0) is 16.0. The Morgan fingerprint density at radius 3 is 2.04 bits per heavy atom. The Balaban J connectivity index is 1.74. The van der Waals surface area contributed by atoms with Gasteiger partial charge in [-0.3, -0.25) is 0 Å². The van der Waals surface area contributed by atoms with Crippen LogP contribution in [0, 0.1) is 0 Å². The van der Waals surface area contributed by atoms with Crippen LogP contribution in [0.1, 0.15) is 22.3 Å². The minimum absolute atomic E-state index is 0.531. The first-order chi connectivity index (χ1) is 11.8. The second kappa shape index (κ2) is 5.04. The SMILES string of the molecule is c1ccc([C@]23Cc4ccccc4[C@](c4ccccc4)(CO2)O3)cc1. The second-order valence-electron chi connectivity index (χ2n) is 6.54. The third-order valence-corrected chi connectivity index (χ3v) is 5.18. The number of hydrogen-bond donors (Lipinski definition) is 0. The standard InChI is InChI=1S/C22H18O2/c1-3-10-18(11-4-1)21-16-23-22(24-21,19-12-5-2-6-13-19)15-17-9-7-8-14-20(17)21/h1-14H,15-16H2/t21-,22-/m1/s1. The van der Waals surface area contributed by atoms with E-state index in [0.29, 0.717) is 6.61 Å². The van der Waals surface area contributed by atoms with Crippen LogP contribution in [0.3, 0.4) is 0 Å². The Bertz CT molecular complexity index is 875. The normalized spacial score (nSPS) is 27.7. The van der Waals surface area contributed by atoms with Crippen LogP contribution >= 0.6 is 0 Å². The van der Waals surface area contributed by atoms with Crippen molar-refractivity contribution in [2.24, 2.45) is 0 Å². The minimum Gasteiger partial charge on any atom is -0.342 e. The highest BCUT2D eigenvalue weighted by Crippen LogP contribution is 2.54. The number of rotatable bonds is 2. The zero-order valence-electron chi connectivity index (χ0n) is 13.3. The molecule has 2 atom stereocenters. The summed E-state index contributed by atoms with van der Waals surface area (Å²) in [5, 5.41) is 0. The molecule has 2 heteroatoms. The molecule has 0 aliphatic carbocycles. The van der Waals surface area contributed by atoms with Crippen LogP contribution in [-0.4, -0.2) is 6.61 Å². The monoisotopic (exact) mass is 314 g/mol. The molecular formula is C22H18O2. The van der Waals surface area contributed by atoms with E-state index in [0.717, 1.165) is 17.5 Å². The molecule has 2 nitrogen and oxygen atoms in total. The Hall–Kier alpha value is -2.42. The molecule has 0 N–H and O–H groups in total. The van der Waals surface area contributed by atoms with Crippen molar-refractivity contribution in [2.75, 3.05) is 6.61 Å². The fourth-order valence-electron chi connectivity index (χ4n) is 4.04. The molecule has 1 fully saturated rings. The molecular weight excluding hydrogens is 296 g/mol. The van der Waals surface area contributed by atoms with Crippen LogP contribution in [0.4, 0.5) is 0 Å². The molecule has 3 aromatic rings. The maximum Gasteiger partial charge on any atom is 0.200 e. The molecule has 0 unspecified atom stereocenters. The molecule has 3 aromatic carbocycles. The van der Waals surface area contributed by atoms with Crippen molar-refractivity contribution in [1.29, 1.82) is 0 Å². The zero-order valence-corrected chi connectivity index (χ0v) is 13.3. The van der Waals surface area contributed by atoms with Gasteiger partial charge in [0.25, 0.3) is 0 Å². The van der Waals surface area contributed by atoms with Crippen molar-refractivity contribution in [3.8, 4) is 0 Å². The number of fused-ring (bicyclic) bond motifs is 4. The van der Waals surface area contributed by atoms with Gasteiger partial charge in [0, 0.05) is 12.0 Å². The molecule has 5 rings (SSSR count). The summed E-state index contributed by atoms with van der Waals surface area (Å²) in [6, 6.07) is 29.3. The first-order valence-electron chi connectivity index (χ1n) is 8.36. The van der Waals surface area contributed by atoms with Gasteiger partial charge in [-0.05, 0) is 16.7 Å². The fraction of sp³-hybridized carbons (Fsp3) is 0.182. The fourth-order valence-corrected chi connectivity index (χ4v) is 4.04. The third-order valence-electron chi connectivity index (χ3n) is 5.18. The lowest BCUT2D eigenvalue weighted by molar-refractivity contribution is -0.198. The topological polar surface area (TPSA) is 18.5 Å².